The van der Waals surface area contributed by atoms with Gasteiger partial charge in [0.25, 0.3) is 0 Å². The molecule has 0 aliphatic heterocycles. The first-order valence-corrected chi connectivity index (χ1v) is 8.82. The summed E-state index contributed by atoms with van der Waals surface area (Å²) in [6, 6.07) is 14.7. The molecular formula is C22H22N2O2. The van der Waals surface area contributed by atoms with Gasteiger partial charge in [0, 0.05) is 17.0 Å². The number of aliphatic hydroxyl groups is 1. The molecule has 4 rings (SSSR count). The van der Waals surface area contributed by atoms with E-state index in [9.17, 15) is 5.11 Å². The predicted molar refractivity (Wildman–Crippen MR) is 106 cm³/mol. The smallest absolute Gasteiger partial charge is 0.143 e. The minimum Gasteiger partial charge on any atom is -0.489 e. The van der Waals surface area contributed by atoms with Crippen LogP contribution in [0.4, 0.5) is 0 Å². The number of pyridine rings is 1. The van der Waals surface area contributed by atoms with Gasteiger partial charge in [-0.25, -0.2) is 4.98 Å². The van der Waals surface area contributed by atoms with Gasteiger partial charge in [0.05, 0.1) is 11.6 Å². The Labute approximate surface area is 152 Å². The van der Waals surface area contributed by atoms with Crippen LogP contribution in [0.25, 0.3) is 33.1 Å². The van der Waals surface area contributed by atoms with Gasteiger partial charge in [-0.15, -0.1) is 0 Å². The van der Waals surface area contributed by atoms with E-state index in [1.54, 1.807) is 6.92 Å². The molecule has 1 unspecified atom stereocenters. The van der Waals surface area contributed by atoms with E-state index in [1.807, 2.05) is 19.2 Å². The Morgan fingerprint density at radius 2 is 1.96 bits per heavy atom. The van der Waals surface area contributed by atoms with Crippen molar-refractivity contribution >= 4 is 21.9 Å². The van der Waals surface area contributed by atoms with Crippen molar-refractivity contribution in [2.24, 2.45) is 0 Å². The van der Waals surface area contributed by atoms with Crippen molar-refractivity contribution in [1.29, 1.82) is 0 Å². The van der Waals surface area contributed by atoms with Crippen molar-refractivity contribution < 1.29 is 9.84 Å². The number of fused-ring (bicyclic) bond motifs is 3. The average molecular weight is 346 g/mol. The molecule has 2 aromatic heterocycles. The third-order valence-corrected chi connectivity index (χ3v) is 4.51. The maximum absolute atomic E-state index is 9.58. The predicted octanol–water partition coefficient (Wildman–Crippen LogP) is 4.76. The molecule has 0 spiro atoms. The molecule has 2 heterocycles. The fraction of sp³-hybridized carbons (Fsp3) is 0.227. The maximum Gasteiger partial charge on any atom is 0.143 e. The van der Waals surface area contributed by atoms with Crippen LogP contribution in [0.5, 0.6) is 5.75 Å². The van der Waals surface area contributed by atoms with Gasteiger partial charge >= 0.3 is 0 Å². The Morgan fingerprint density at radius 1 is 1.12 bits per heavy atom. The van der Waals surface area contributed by atoms with Gasteiger partial charge in [0.1, 0.15) is 18.0 Å². The molecule has 26 heavy (non-hydrogen) atoms. The Bertz CT molecular complexity index is 1100. The highest BCUT2D eigenvalue weighted by Gasteiger charge is 2.16. The second kappa shape index (κ2) is 6.46. The number of aliphatic hydroxyl groups excluding tert-OH is 1. The largest absolute Gasteiger partial charge is 0.489 e. The molecule has 0 saturated carbocycles. The highest BCUT2D eigenvalue weighted by atomic mass is 16.5. The summed E-state index contributed by atoms with van der Waals surface area (Å²) in [6.07, 6.45) is 1.34. The molecule has 0 radical (unpaired) electrons. The van der Waals surface area contributed by atoms with Crippen molar-refractivity contribution in [2.75, 3.05) is 6.61 Å². The summed E-state index contributed by atoms with van der Waals surface area (Å²) < 4.78 is 5.85. The summed E-state index contributed by atoms with van der Waals surface area (Å²) in [5.41, 5.74) is 6.40. The lowest BCUT2D eigenvalue weighted by Gasteiger charge is -2.12. The van der Waals surface area contributed by atoms with E-state index in [0.29, 0.717) is 0 Å². The summed E-state index contributed by atoms with van der Waals surface area (Å²) in [6.45, 7) is 6.11. The molecule has 0 saturated heterocycles. The SMILES string of the molecule is Cc1cccc(-c2ccc(OCC(C)O)c3[nH]c4ncc(C)cc4c23)c1. The van der Waals surface area contributed by atoms with Crippen LogP contribution in [-0.4, -0.2) is 27.8 Å². The molecule has 0 fully saturated rings. The van der Waals surface area contributed by atoms with Gasteiger partial charge in [-0.05, 0) is 55.7 Å². The quantitative estimate of drug-likeness (QED) is 0.560. The summed E-state index contributed by atoms with van der Waals surface area (Å²) in [7, 11) is 0. The lowest BCUT2D eigenvalue weighted by atomic mass is 9.98. The maximum atomic E-state index is 9.58. The average Bonchev–Trinajstić information content (AvgIpc) is 2.98. The summed E-state index contributed by atoms with van der Waals surface area (Å²) in [4.78, 5) is 7.95. The number of aromatic amines is 1. The van der Waals surface area contributed by atoms with Gasteiger partial charge in [-0.2, -0.15) is 0 Å². The van der Waals surface area contributed by atoms with Crippen LogP contribution >= 0.6 is 0 Å². The van der Waals surface area contributed by atoms with E-state index in [2.05, 4.69) is 53.3 Å². The summed E-state index contributed by atoms with van der Waals surface area (Å²) in [5, 5.41) is 11.8. The van der Waals surface area contributed by atoms with Crippen LogP contribution in [0, 0.1) is 13.8 Å². The van der Waals surface area contributed by atoms with E-state index in [0.717, 1.165) is 38.8 Å². The highest BCUT2D eigenvalue weighted by molar-refractivity contribution is 6.15. The van der Waals surface area contributed by atoms with Gasteiger partial charge < -0.3 is 14.8 Å². The van der Waals surface area contributed by atoms with Crippen molar-refractivity contribution in [3.8, 4) is 16.9 Å². The Hall–Kier alpha value is -2.85. The van der Waals surface area contributed by atoms with Gasteiger partial charge in [0.15, 0.2) is 0 Å². The Morgan fingerprint density at radius 3 is 2.73 bits per heavy atom. The van der Waals surface area contributed by atoms with E-state index in [-0.39, 0.29) is 6.61 Å². The van der Waals surface area contributed by atoms with Crippen molar-refractivity contribution in [3.05, 3.63) is 59.8 Å². The molecule has 0 aliphatic rings. The first-order valence-electron chi connectivity index (χ1n) is 8.82. The lowest BCUT2D eigenvalue weighted by Crippen LogP contribution is -2.12. The lowest BCUT2D eigenvalue weighted by molar-refractivity contribution is 0.123. The number of nitrogens with zero attached hydrogens (tertiary/aromatic N) is 1. The molecule has 1 atom stereocenters. The summed E-state index contributed by atoms with van der Waals surface area (Å²) in [5.74, 6) is 0.730. The normalized spacial score (nSPS) is 12.6. The zero-order valence-corrected chi connectivity index (χ0v) is 15.2. The minimum atomic E-state index is -0.522. The molecule has 2 N–H and O–H groups in total. The molecule has 132 valence electrons. The fourth-order valence-electron chi connectivity index (χ4n) is 3.35. The third kappa shape index (κ3) is 2.93. The number of rotatable bonds is 4. The van der Waals surface area contributed by atoms with E-state index in [4.69, 9.17) is 4.74 Å². The molecule has 0 amide bonds. The van der Waals surface area contributed by atoms with E-state index >= 15 is 0 Å². The molecule has 0 bridgehead atoms. The monoisotopic (exact) mass is 346 g/mol. The number of nitrogens with one attached hydrogen (secondary N) is 1. The van der Waals surface area contributed by atoms with E-state index < -0.39 is 6.10 Å². The zero-order valence-electron chi connectivity index (χ0n) is 15.2. The van der Waals surface area contributed by atoms with Gasteiger partial charge in [-0.3, -0.25) is 0 Å². The standard InChI is InChI=1S/C22H22N2O2/c1-13-5-4-6-16(9-13)17-7-8-19(26-12-15(3)25)21-20(17)18-10-14(2)11-23-22(18)24-21/h4-11,15,25H,12H2,1-3H3,(H,23,24). The van der Waals surface area contributed by atoms with Crippen molar-refractivity contribution in [1.82, 2.24) is 9.97 Å². The highest BCUT2D eigenvalue weighted by Crippen LogP contribution is 2.39. The first kappa shape index (κ1) is 16.6. The first-order chi connectivity index (χ1) is 12.5. The molecule has 4 aromatic rings. The van der Waals surface area contributed by atoms with Crippen LogP contribution in [-0.2, 0) is 0 Å². The Kier molecular flexibility index (Phi) is 4.13. The number of aryl methyl sites for hydroxylation is 2. The number of aromatic nitrogens is 2. The van der Waals surface area contributed by atoms with E-state index in [1.165, 1.54) is 11.1 Å². The van der Waals surface area contributed by atoms with Crippen LogP contribution in [0.3, 0.4) is 0 Å². The second-order valence-electron chi connectivity index (χ2n) is 6.92. The topological polar surface area (TPSA) is 58.1 Å². The van der Waals surface area contributed by atoms with Crippen LogP contribution in [0.2, 0.25) is 0 Å². The number of H-pyrrole nitrogens is 1. The van der Waals surface area contributed by atoms with Crippen LogP contribution < -0.4 is 4.74 Å². The van der Waals surface area contributed by atoms with Crippen LogP contribution in [0.15, 0.2) is 48.7 Å². The Balaban J connectivity index is 2.02. The fourth-order valence-corrected chi connectivity index (χ4v) is 3.35. The number of ether oxygens (including phenoxy) is 1. The number of hydrogen-bond donors (Lipinski definition) is 2. The van der Waals surface area contributed by atoms with Crippen molar-refractivity contribution in [3.63, 3.8) is 0 Å². The molecule has 4 nitrogen and oxygen atoms in total. The van der Waals surface area contributed by atoms with Gasteiger partial charge in [0.2, 0.25) is 0 Å². The third-order valence-electron chi connectivity index (χ3n) is 4.51. The molecule has 0 aliphatic carbocycles. The van der Waals surface area contributed by atoms with Crippen LogP contribution in [0.1, 0.15) is 18.1 Å². The molecule has 4 heteroatoms. The zero-order chi connectivity index (χ0) is 18.3. The molecular weight excluding hydrogens is 324 g/mol. The van der Waals surface area contributed by atoms with Gasteiger partial charge in [-0.1, -0.05) is 29.8 Å². The van der Waals surface area contributed by atoms with Crippen molar-refractivity contribution in [2.45, 2.75) is 26.9 Å². The minimum absolute atomic E-state index is 0.251. The summed E-state index contributed by atoms with van der Waals surface area (Å²) >= 11 is 0. The number of hydrogen-bond acceptors (Lipinski definition) is 3. The second-order valence-corrected chi connectivity index (χ2v) is 6.92. The number of benzene rings is 2. The molecule has 2 aromatic carbocycles.